The van der Waals surface area contributed by atoms with Crippen molar-refractivity contribution in [3.63, 3.8) is 0 Å². The SMILES string of the molecule is CCC(C#N)(CCCSC)NC1CC1. The van der Waals surface area contributed by atoms with E-state index in [9.17, 15) is 5.26 Å². The molecule has 1 fully saturated rings. The van der Waals surface area contributed by atoms with Crippen LogP contribution in [0.3, 0.4) is 0 Å². The molecule has 3 heteroatoms. The third-order valence-corrected chi connectivity index (χ3v) is 3.52. The Labute approximate surface area is 91.4 Å². The van der Waals surface area contributed by atoms with Gasteiger partial charge in [-0.2, -0.15) is 17.0 Å². The van der Waals surface area contributed by atoms with Gasteiger partial charge in [-0.3, -0.25) is 5.32 Å². The van der Waals surface area contributed by atoms with Crippen LogP contribution >= 0.6 is 11.8 Å². The van der Waals surface area contributed by atoms with Crippen molar-refractivity contribution in [3.05, 3.63) is 0 Å². The normalized spacial score (nSPS) is 20.1. The van der Waals surface area contributed by atoms with Crippen LogP contribution in [0.1, 0.15) is 39.0 Å². The lowest BCUT2D eigenvalue weighted by Crippen LogP contribution is -2.44. The average molecular weight is 212 g/mol. The number of nitrogens with one attached hydrogen (secondary N) is 1. The quantitative estimate of drug-likeness (QED) is 0.659. The van der Waals surface area contributed by atoms with Crippen molar-refractivity contribution in [3.8, 4) is 6.07 Å². The van der Waals surface area contributed by atoms with Crippen LogP contribution in [0.5, 0.6) is 0 Å². The number of thioether (sulfide) groups is 1. The second kappa shape index (κ2) is 5.63. The maximum absolute atomic E-state index is 9.23. The lowest BCUT2D eigenvalue weighted by atomic mass is 9.92. The Balaban J connectivity index is 2.38. The second-order valence-electron chi connectivity index (χ2n) is 4.06. The summed E-state index contributed by atoms with van der Waals surface area (Å²) in [6.45, 7) is 2.11. The van der Waals surface area contributed by atoms with Crippen molar-refractivity contribution in [2.45, 2.75) is 50.6 Å². The number of hydrogen-bond acceptors (Lipinski definition) is 3. The molecule has 0 radical (unpaired) electrons. The zero-order valence-electron chi connectivity index (χ0n) is 9.18. The largest absolute Gasteiger partial charge is 0.297 e. The molecule has 0 bridgehead atoms. The highest BCUT2D eigenvalue weighted by atomic mass is 32.2. The van der Waals surface area contributed by atoms with E-state index in [1.807, 2.05) is 11.8 Å². The lowest BCUT2D eigenvalue weighted by molar-refractivity contribution is 0.367. The van der Waals surface area contributed by atoms with Gasteiger partial charge >= 0.3 is 0 Å². The first-order valence-electron chi connectivity index (χ1n) is 5.44. The Bertz CT molecular complexity index is 208. The molecule has 14 heavy (non-hydrogen) atoms. The first-order valence-corrected chi connectivity index (χ1v) is 6.83. The van der Waals surface area contributed by atoms with Crippen molar-refractivity contribution in [1.82, 2.24) is 5.32 Å². The zero-order chi connectivity index (χ0) is 10.4. The second-order valence-corrected chi connectivity index (χ2v) is 5.05. The minimum atomic E-state index is -0.239. The summed E-state index contributed by atoms with van der Waals surface area (Å²) in [6.07, 6.45) is 7.69. The molecular formula is C11H20N2S. The molecule has 0 aromatic carbocycles. The Morgan fingerprint density at radius 3 is 2.71 bits per heavy atom. The Morgan fingerprint density at radius 2 is 2.29 bits per heavy atom. The van der Waals surface area contributed by atoms with E-state index in [0.29, 0.717) is 6.04 Å². The highest BCUT2D eigenvalue weighted by molar-refractivity contribution is 7.98. The van der Waals surface area contributed by atoms with Crippen LogP contribution in [-0.4, -0.2) is 23.6 Å². The fraction of sp³-hybridized carbons (Fsp3) is 0.909. The molecule has 1 aliphatic carbocycles. The molecule has 80 valence electrons. The summed E-state index contributed by atoms with van der Waals surface area (Å²) in [6, 6.07) is 3.10. The van der Waals surface area contributed by atoms with E-state index in [1.54, 1.807) is 0 Å². The molecule has 1 unspecified atom stereocenters. The van der Waals surface area contributed by atoms with Gasteiger partial charge < -0.3 is 0 Å². The standard InChI is InChI=1S/C11H20N2S/c1-3-11(9-12,7-4-8-14-2)13-10-5-6-10/h10,13H,3-8H2,1-2H3. The summed E-state index contributed by atoms with van der Waals surface area (Å²) in [5.74, 6) is 1.16. The first-order chi connectivity index (χ1) is 6.76. The van der Waals surface area contributed by atoms with Crippen LogP contribution in [0.4, 0.5) is 0 Å². The monoisotopic (exact) mass is 212 g/mol. The molecule has 0 spiro atoms. The molecule has 0 amide bonds. The van der Waals surface area contributed by atoms with Gasteiger partial charge in [0, 0.05) is 6.04 Å². The van der Waals surface area contributed by atoms with Gasteiger partial charge in [-0.25, -0.2) is 0 Å². The molecule has 1 atom stereocenters. The molecule has 0 aromatic rings. The van der Waals surface area contributed by atoms with Gasteiger partial charge in [-0.15, -0.1) is 0 Å². The van der Waals surface area contributed by atoms with Gasteiger partial charge in [0.1, 0.15) is 5.54 Å². The van der Waals surface area contributed by atoms with Crippen LogP contribution < -0.4 is 5.32 Å². The molecule has 0 saturated heterocycles. The number of rotatable bonds is 7. The highest BCUT2D eigenvalue weighted by Crippen LogP contribution is 2.26. The third-order valence-electron chi connectivity index (χ3n) is 2.83. The Kier molecular flexibility index (Phi) is 4.77. The van der Waals surface area contributed by atoms with Crippen LogP contribution in [0.15, 0.2) is 0 Å². The van der Waals surface area contributed by atoms with Crippen molar-refractivity contribution in [1.29, 1.82) is 5.26 Å². The van der Waals surface area contributed by atoms with Crippen LogP contribution in [0.2, 0.25) is 0 Å². The van der Waals surface area contributed by atoms with Crippen LogP contribution in [0.25, 0.3) is 0 Å². The van der Waals surface area contributed by atoms with Gasteiger partial charge in [0.2, 0.25) is 0 Å². The predicted molar refractivity (Wildman–Crippen MR) is 62.4 cm³/mol. The van der Waals surface area contributed by atoms with Crippen molar-refractivity contribution < 1.29 is 0 Å². The third kappa shape index (κ3) is 3.51. The summed E-state index contributed by atoms with van der Waals surface area (Å²) < 4.78 is 0. The number of hydrogen-bond donors (Lipinski definition) is 1. The van der Waals surface area contributed by atoms with E-state index in [4.69, 9.17) is 0 Å². The summed E-state index contributed by atoms with van der Waals surface area (Å²) in [7, 11) is 0. The van der Waals surface area contributed by atoms with Crippen molar-refractivity contribution in [2.75, 3.05) is 12.0 Å². The molecule has 0 aromatic heterocycles. The molecule has 1 saturated carbocycles. The first kappa shape index (κ1) is 11.9. The fourth-order valence-electron chi connectivity index (χ4n) is 1.65. The fourth-order valence-corrected chi connectivity index (χ4v) is 2.09. The Morgan fingerprint density at radius 1 is 1.57 bits per heavy atom. The lowest BCUT2D eigenvalue weighted by Gasteiger charge is -2.26. The Hall–Kier alpha value is -0.200. The number of nitrogens with zero attached hydrogens (tertiary/aromatic N) is 1. The van der Waals surface area contributed by atoms with Gasteiger partial charge in [0.15, 0.2) is 0 Å². The van der Waals surface area contributed by atoms with Gasteiger partial charge in [-0.1, -0.05) is 6.92 Å². The average Bonchev–Trinajstić information content (AvgIpc) is 3.00. The van der Waals surface area contributed by atoms with E-state index >= 15 is 0 Å². The molecule has 1 N–H and O–H groups in total. The smallest absolute Gasteiger partial charge is 0.106 e. The van der Waals surface area contributed by atoms with Crippen LogP contribution in [-0.2, 0) is 0 Å². The van der Waals surface area contributed by atoms with E-state index in [0.717, 1.165) is 25.0 Å². The summed E-state index contributed by atoms with van der Waals surface area (Å²) in [5.41, 5.74) is -0.239. The predicted octanol–water partition coefficient (Wildman–Crippen LogP) is 2.55. The van der Waals surface area contributed by atoms with E-state index < -0.39 is 0 Å². The van der Waals surface area contributed by atoms with E-state index in [2.05, 4.69) is 24.6 Å². The topological polar surface area (TPSA) is 35.8 Å². The number of nitriles is 1. The van der Waals surface area contributed by atoms with Gasteiger partial charge in [-0.05, 0) is 44.1 Å². The maximum Gasteiger partial charge on any atom is 0.106 e. The van der Waals surface area contributed by atoms with Crippen molar-refractivity contribution >= 4 is 11.8 Å². The van der Waals surface area contributed by atoms with E-state index in [1.165, 1.54) is 12.8 Å². The van der Waals surface area contributed by atoms with Gasteiger partial charge in [0.05, 0.1) is 6.07 Å². The van der Waals surface area contributed by atoms with Gasteiger partial charge in [0.25, 0.3) is 0 Å². The summed E-state index contributed by atoms with van der Waals surface area (Å²) in [4.78, 5) is 0. The van der Waals surface area contributed by atoms with E-state index in [-0.39, 0.29) is 5.54 Å². The minimum Gasteiger partial charge on any atom is -0.297 e. The van der Waals surface area contributed by atoms with Crippen molar-refractivity contribution in [2.24, 2.45) is 0 Å². The minimum absolute atomic E-state index is 0.239. The summed E-state index contributed by atoms with van der Waals surface area (Å²) >= 11 is 1.86. The zero-order valence-corrected chi connectivity index (χ0v) is 9.99. The molecule has 1 rings (SSSR count). The molecule has 2 nitrogen and oxygen atoms in total. The summed E-state index contributed by atoms with van der Waals surface area (Å²) in [5, 5.41) is 12.7. The highest BCUT2D eigenvalue weighted by Gasteiger charge is 2.34. The maximum atomic E-state index is 9.23. The molecule has 0 heterocycles. The van der Waals surface area contributed by atoms with Crippen LogP contribution in [0, 0.1) is 11.3 Å². The molecule has 1 aliphatic rings. The molecular weight excluding hydrogens is 192 g/mol. The molecule has 0 aliphatic heterocycles.